The van der Waals surface area contributed by atoms with Crippen molar-refractivity contribution in [2.24, 2.45) is 0 Å². The number of nitrogens with one attached hydrogen (secondary N) is 1. The minimum atomic E-state index is -3.39. The Hall–Kier alpha value is -1.02. The van der Waals surface area contributed by atoms with E-state index in [4.69, 9.17) is 0 Å². The summed E-state index contributed by atoms with van der Waals surface area (Å²) in [5, 5.41) is 3.15. The average molecular weight is 283 g/mol. The Morgan fingerprint density at radius 1 is 1.28 bits per heavy atom. The lowest BCUT2D eigenvalue weighted by atomic mass is 10.3. The molecule has 5 nitrogen and oxygen atoms in total. The van der Waals surface area contributed by atoms with Crippen LogP contribution in [0.4, 0.5) is 0 Å². The van der Waals surface area contributed by atoms with Gasteiger partial charge < -0.3 is 5.32 Å². The number of aromatic nitrogens is 1. The summed E-state index contributed by atoms with van der Waals surface area (Å²) in [5.41, 5.74) is 2.43. The van der Waals surface area contributed by atoms with Crippen LogP contribution in [-0.4, -0.2) is 43.9 Å². The quantitative estimate of drug-likeness (QED) is 0.889. The molecule has 0 spiro atoms. The topological polar surface area (TPSA) is 62.3 Å². The molecule has 0 atom stereocenters. The van der Waals surface area contributed by atoms with Crippen LogP contribution in [-0.2, 0) is 10.0 Å². The molecule has 0 bridgehead atoms. The third-order valence-electron chi connectivity index (χ3n) is 3.01. The van der Waals surface area contributed by atoms with Gasteiger partial charge >= 0.3 is 0 Å². The Morgan fingerprint density at radius 2 is 2.06 bits per heavy atom. The van der Waals surface area contributed by atoms with E-state index in [0.29, 0.717) is 31.1 Å². The molecule has 1 fully saturated rings. The summed E-state index contributed by atoms with van der Waals surface area (Å²) < 4.78 is 27.4. The van der Waals surface area contributed by atoms with Crippen molar-refractivity contribution < 1.29 is 8.42 Å². The monoisotopic (exact) mass is 283 g/mol. The van der Waals surface area contributed by atoms with Crippen LogP contribution in [0.2, 0.25) is 0 Å². The number of hydrogen-bond acceptors (Lipinski definition) is 5. The molecule has 1 aromatic carbocycles. The summed E-state index contributed by atoms with van der Waals surface area (Å²) in [4.78, 5) is 4.54. The van der Waals surface area contributed by atoms with Crippen LogP contribution < -0.4 is 5.32 Å². The first kappa shape index (κ1) is 12.0. The number of nitrogens with zero attached hydrogens (tertiary/aromatic N) is 2. The van der Waals surface area contributed by atoms with Gasteiger partial charge in [0, 0.05) is 26.2 Å². The van der Waals surface area contributed by atoms with E-state index in [1.165, 1.54) is 15.6 Å². The molecule has 1 aromatic heterocycles. The summed E-state index contributed by atoms with van der Waals surface area (Å²) in [6.07, 6.45) is 0. The van der Waals surface area contributed by atoms with Gasteiger partial charge in [0.15, 0.2) is 0 Å². The van der Waals surface area contributed by atoms with Crippen LogP contribution in [0.25, 0.3) is 10.2 Å². The van der Waals surface area contributed by atoms with Crippen molar-refractivity contribution in [1.82, 2.24) is 14.6 Å². The molecule has 3 rings (SSSR count). The van der Waals surface area contributed by atoms with Gasteiger partial charge in [-0.2, -0.15) is 4.31 Å². The molecule has 7 heteroatoms. The van der Waals surface area contributed by atoms with Gasteiger partial charge in [-0.3, -0.25) is 0 Å². The maximum atomic E-state index is 12.6. The lowest BCUT2D eigenvalue weighted by Gasteiger charge is -2.26. The predicted octanol–water partition coefficient (Wildman–Crippen LogP) is 0.890. The van der Waals surface area contributed by atoms with E-state index in [9.17, 15) is 8.42 Å². The average Bonchev–Trinajstić information content (AvgIpc) is 2.87. The lowest BCUT2D eigenvalue weighted by Crippen LogP contribution is -2.46. The van der Waals surface area contributed by atoms with E-state index >= 15 is 0 Å². The molecule has 0 aliphatic carbocycles. The lowest BCUT2D eigenvalue weighted by molar-refractivity contribution is 0.360. The van der Waals surface area contributed by atoms with Crippen molar-refractivity contribution in [2.45, 2.75) is 4.90 Å². The molecule has 0 radical (unpaired) electrons. The van der Waals surface area contributed by atoms with Gasteiger partial charge in [0.1, 0.15) is 4.90 Å². The minimum absolute atomic E-state index is 0.379. The molecule has 2 aromatic rings. The highest BCUT2D eigenvalue weighted by Crippen LogP contribution is 2.28. The number of sulfonamides is 1. The van der Waals surface area contributed by atoms with E-state index < -0.39 is 10.0 Å². The maximum absolute atomic E-state index is 12.6. The first-order valence-electron chi connectivity index (χ1n) is 5.73. The van der Waals surface area contributed by atoms with Crippen LogP contribution in [0.5, 0.6) is 0 Å². The summed E-state index contributed by atoms with van der Waals surface area (Å²) in [6.45, 7) is 2.46. The zero-order chi connectivity index (χ0) is 12.6. The summed E-state index contributed by atoms with van der Waals surface area (Å²) >= 11 is 1.37. The first-order chi connectivity index (χ1) is 8.69. The highest BCUT2D eigenvalue weighted by Gasteiger charge is 2.27. The van der Waals surface area contributed by atoms with Crippen molar-refractivity contribution >= 4 is 31.6 Å². The fourth-order valence-electron chi connectivity index (χ4n) is 2.09. The largest absolute Gasteiger partial charge is 0.314 e. The maximum Gasteiger partial charge on any atom is 0.244 e. The van der Waals surface area contributed by atoms with Crippen molar-refractivity contribution in [1.29, 1.82) is 0 Å². The van der Waals surface area contributed by atoms with Crippen molar-refractivity contribution in [3.63, 3.8) is 0 Å². The van der Waals surface area contributed by atoms with Gasteiger partial charge in [0.2, 0.25) is 10.0 Å². The highest BCUT2D eigenvalue weighted by atomic mass is 32.2. The summed E-state index contributed by atoms with van der Waals surface area (Å²) in [6, 6.07) is 5.25. The molecule has 96 valence electrons. The van der Waals surface area contributed by atoms with E-state index in [-0.39, 0.29) is 0 Å². The summed E-state index contributed by atoms with van der Waals surface area (Å²) in [5.74, 6) is 0. The summed E-state index contributed by atoms with van der Waals surface area (Å²) in [7, 11) is -3.39. The molecule has 0 unspecified atom stereocenters. The number of thiazole rings is 1. The van der Waals surface area contributed by atoms with Crippen LogP contribution in [0.3, 0.4) is 0 Å². The molecule has 0 amide bonds. The molecule has 1 saturated heterocycles. The Bertz CT molecular complexity index is 660. The van der Waals surface area contributed by atoms with E-state index in [1.807, 2.05) is 6.07 Å². The second-order valence-electron chi connectivity index (χ2n) is 4.11. The Morgan fingerprint density at radius 3 is 2.83 bits per heavy atom. The van der Waals surface area contributed by atoms with Crippen LogP contribution in [0.15, 0.2) is 28.6 Å². The van der Waals surface area contributed by atoms with E-state index in [0.717, 1.165) is 10.2 Å². The van der Waals surface area contributed by atoms with E-state index in [2.05, 4.69) is 10.3 Å². The molecule has 2 heterocycles. The first-order valence-corrected chi connectivity index (χ1v) is 8.04. The van der Waals surface area contributed by atoms with Crippen molar-refractivity contribution in [2.75, 3.05) is 26.2 Å². The zero-order valence-electron chi connectivity index (χ0n) is 9.67. The number of hydrogen-bond donors (Lipinski definition) is 1. The molecule has 1 aliphatic heterocycles. The van der Waals surface area contributed by atoms with Crippen LogP contribution in [0, 0.1) is 0 Å². The SMILES string of the molecule is O=S(=O)(c1cccc2ncsc12)N1CCNCC1. The number of rotatable bonds is 2. The molecule has 18 heavy (non-hydrogen) atoms. The molecular weight excluding hydrogens is 270 g/mol. The number of fused-ring (bicyclic) bond motifs is 1. The Balaban J connectivity index is 2.10. The van der Waals surface area contributed by atoms with Gasteiger partial charge in [-0.25, -0.2) is 13.4 Å². The van der Waals surface area contributed by atoms with Crippen molar-refractivity contribution in [3.8, 4) is 0 Å². The minimum Gasteiger partial charge on any atom is -0.314 e. The van der Waals surface area contributed by atoms with Gasteiger partial charge in [-0.1, -0.05) is 6.07 Å². The fourth-order valence-corrected chi connectivity index (χ4v) is 4.78. The molecule has 1 N–H and O–H groups in total. The normalized spacial score (nSPS) is 18.2. The standard InChI is InChI=1S/C11H13N3O2S2/c15-18(16,14-6-4-12-5-7-14)10-3-1-2-9-11(10)17-8-13-9/h1-3,8,12H,4-7H2. The van der Waals surface area contributed by atoms with Crippen LogP contribution in [0.1, 0.15) is 0 Å². The Kier molecular flexibility index (Phi) is 3.06. The third kappa shape index (κ3) is 1.93. The molecule has 1 aliphatic rings. The second kappa shape index (κ2) is 4.58. The fraction of sp³-hybridized carbons (Fsp3) is 0.364. The van der Waals surface area contributed by atoms with Crippen molar-refractivity contribution in [3.05, 3.63) is 23.7 Å². The molecular formula is C11H13N3O2S2. The zero-order valence-corrected chi connectivity index (χ0v) is 11.3. The highest BCUT2D eigenvalue weighted by molar-refractivity contribution is 7.89. The Labute approximate surface area is 109 Å². The van der Waals surface area contributed by atoms with E-state index in [1.54, 1.807) is 17.6 Å². The molecule has 0 saturated carbocycles. The second-order valence-corrected chi connectivity index (χ2v) is 6.87. The smallest absolute Gasteiger partial charge is 0.244 e. The van der Waals surface area contributed by atoms with Crippen LogP contribution >= 0.6 is 11.3 Å². The third-order valence-corrected chi connectivity index (χ3v) is 5.96. The van der Waals surface area contributed by atoms with Gasteiger partial charge in [-0.05, 0) is 12.1 Å². The number of piperazine rings is 1. The van der Waals surface area contributed by atoms with Gasteiger partial charge in [-0.15, -0.1) is 11.3 Å². The van der Waals surface area contributed by atoms with Gasteiger partial charge in [0.05, 0.1) is 15.7 Å². The number of benzene rings is 1. The van der Waals surface area contributed by atoms with Gasteiger partial charge in [0.25, 0.3) is 0 Å². The predicted molar refractivity (Wildman–Crippen MR) is 71.2 cm³/mol.